The molecule has 1 heterocycles. The first-order valence-corrected chi connectivity index (χ1v) is 7.79. The molecule has 1 aromatic heterocycles. The number of benzene rings is 2. The molecule has 8 heteroatoms. The largest absolute Gasteiger partial charge is 0.360 e. The molecule has 0 saturated carbocycles. The number of fused-ring (bicyclic) bond motifs is 1. The van der Waals surface area contributed by atoms with Gasteiger partial charge < -0.3 is 4.98 Å². The zero-order chi connectivity index (χ0) is 16.8. The normalized spacial score (nSPS) is 11.8. The summed E-state index contributed by atoms with van der Waals surface area (Å²) in [7, 11) is -4.43. The molecule has 0 spiro atoms. The molecule has 0 bridgehead atoms. The van der Waals surface area contributed by atoms with Gasteiger partial charge in [-0.2, -0.15) is 0 Å². The van der Waals surface area contributed by atoms with Gasteiger partial charge in [-0.25, -0.2) is 21.6 Å². The minimum atomic E-state index is -4.43. The van der Waals surface area contributed by atoms with Crippen molar-refractivity contribution in [1.29, 1.82) is 0 Å². The van der Waals surface area contributed by atoms with E-state index >= 15 is 0 Å². The van der Waals surface area contributed by atoms with Crippen molar-refractivity contribution < 1.29 is 21.6 Å². The Morgan fingerprint density at radius 2 is 1.52 bits per heavy atom. The van der Waals surface area contributed by atoms with Crippen LogP contribution in [0.3, 0.4) is 0 Å². The third-order valence-electron chi connectivity index (χ3n) is 3.24. The third kappa shape index (κ3) is 2.61. The van der Waals surface area contributed by atoms with Crippen LogP contribution >= 0.6 is 0 Å². The number of aromatic amines is 1. The number of aromatic nitrogens is 1. The van der Waals surface area contributed by atoms with E-state index in [2.05, 4.69) is 4.98 Å². The third-order valence-corrected chi connectivity index (χ3v) is 4.98. The molecular weight excluding hydrogens is 331 g/mol. The molecule has 0 unspecified atom stereocenters. The standard InChI is InChI=1S/C15H8F3NO3S/c16-8-1-2-12-13(6-8)19-7-14(15(12)20)23(21,22)11-4-9(17)3-10(18)5-11/h1-7H,(H,19,20). The number of hydrogen-bond acceptors (Lipinski definition) is 3. The van der Waals surface area contributed by atoms with Crippen LogP contribution in [0.15, 0.2) is 57.2 Å². The van der Waals surface area contributed by atoms with Crippen molar-refractivity contribution in [2.24, 2.45) is 0 Å². The molecule has 23 heavy (non-hydrogen) atoms. The van der Waals surface area contributed by atoms with E-state index in [0.29, 0.717) is 18.2 Å². The van der Waals surface area contributed by atoms with Gasteiger partial charge in [-0.05, 0) is 30.3 Å². The van der Waals surface area contributed by atoms with Gasteiger partial charge in [-0.15, -0.1) is 0 Å². The average molecular weight is 339 g/mol. The van der Waals surface area contributed by atoms with Crippen LogP contribution in [0.2, 0.25) is 0 Å². The quantitative estimate of drug-likeness (QED) is 0.781. The maximum absolute atomic E-state index is 13.2. The average Bonchev–Trinajstić information content (AvgIpc) is 2.46. The van der Waals surface area contributed by atoms with Crippen molar-refractivity contribution in [3.8, 4) is 0 Å². The molecule has 4 nitrogen and oxygen atoms in total. The number of H-pyrrole nitrogens is 1. The molecule has 0 aliphatic heterocycles. The van der Waals surface area contributed by atoms with Gasteiger partial charge >= 0.3 is 0 Å². The summed E-state index contributed by atoms with van der Waals surface area (Å²) in [5, 5.41) is -0.0515. The molecule has 0 aliphatic carbocycles. The lowest BCUT2D eigenvalue weighted by Crippen LogP contribution is -2.16. The number of hydrogen-bond donors (Lipinski definition) is 1. The van der Waals surface area contributed by atoms with Gasteiger partial charge in [0.2, 0.25) is 15.3 Å². The van der Waals surface area contributed by atoms with Gasteiger partial charge in [-0.1, -0.05) is 0 Å². The minimum absolute atomic E-state index is 0.0515. The zero-order valence-electron chi connectivity index (χ0n) is 11.3. The van der Waals surface area contributed by atoms with Crippen LogP contribution in [0.5, 0.6) is 0 Å². The van der Waals surface area contributed by atoms with E-state index in [1.807, 2.05) is 0 Å². The molecule has 3 rings (SSSR count). The first-order chi connectivity index (χ1) is 10.8. The molecule has 118 valence electrons. The summed E-state index contributed by atoms with van der Waals surface area (Å²) >= 11 is 0. The zero-order valence-corrected chi connectivity index (χ0v) is 12.1. The van der Waals surface area contributed by atoms with Gasteiger partial charge in [0.15, 0.2) is 0 Å². The SMILES string of the molecule is O=c1c(S(=O)(=O)c2cc(F)cc(F)c2)c[nH]c2cc(F)ccc12. The lowest BCUT2D eigenvalue weighted by molar-refractivity contribution is 0.566. The van der Waals surface area contributed by atoms with Crippen LogP contribution in [0.4, 0.5) is 13.2 Å². The second-order valence-electron chi connectivity index (χ2n) is 4.78. The second kappa shape index (κ2) is 5.24. The predicted molar refractivity (Wildman–Crippen MR) is 76.3 cm³/mol. The molecular formula is C15H8F3NO3S. The van der Waals surface area contributed by atoms with E-state index in [0.717, 1.165) is 24.4 Å². The van der Waals surface area contributed by atoms with E-state index in [9.17, 15) is 26.4 Å². The predicted octanol–water partition coefficient (Wildman–Crippen LogP) is 2.78. The van der Waals surface area contributed by atoms with Crippen LogP contribution in [0.1, 0.15) is 0 Å². The van der Waals surface area contributed by atoms with Gasteiger partial charge in [0, 0.05) is 17.6 Å². The Labute approximate surface area is 128 Å². The van der Waals surface area contributed by atoms with Crippen LogP contribution in [-0.4, -0.2) is 13.4 Å². The highest BCUT2D eigenvalue weighted by atomic mass is 32.2. The summed E-state index contributed by atoms with van der Waals surface area (Å²) in [6.45, 7) is 0. The molecule has 0 aliphatic rings. The molecule has 0 atom stereocenters. The Balaban J connectivity index is 2.29. The van der Waals surface area contributed by atoms with Gasteiger partial charge in [0.1, 0.15) is 22.3 Å². The van der Waals surface area contributed by atoms with Crippen molar-refractivity contribution in [3.05, 3.63) is 70.3 Å². The molecule has 0 radical (unpaired) electrons. The van der Waals surface area contributed by atoms with Crippen LogP contribution < -0.4 is 5.43 Å². The van der Waals surface area contributed by atoms with E-state index in [1.165, 1.54) is 0 Å². The Kier molecular flexibility index (Phi) is 3.48. The van der Waals surface area contributed by atoms with Gasteiger partial charge in [-0.3, -0.25) is 4.79 Å². The van der Waals surface area contributed by atoms with Gasteiger partial charge in [0.25, 0.3) is 0 Å². The van der Waals surface area contributed by atoms with Crippen LogP contribution in [0, 0.1) is 17.5 Å². The maximum Gasteiger partial charge on any atom is 0.212 e. The fourth-order valence-electron chi connectivity index (χ4n) is 2.19. The van der Waals surface area contributed by atoms with Crippen molar-refractivity contribution in [3.63, 3.8) is 0 Å². The Hall–Kier alpha value is -2.61. The lowest BCUT2D eigenvalue weighted by Gasteiger charge is -2.06. The number of sulfone groups is 1. The second-order valence-corrected chi connectivity index (χ2v) is 6.70. The van der Waals surface area contributed by atoms with Gasteiger partial charge in [0.05, 0.1) is 10.4 Å². The molecule has 0 saturated heterocycles. The molecule has 2 aromatic carbocycles. The summed E-state index contributed by atoms with van der Waals surface area (Å²) in [6, 6.07) is 4.94. The van der Waals surface area contributed by atoms with Crippen molar-refractivity contribution in [2.45, 2.75) is 9.79 Å². The summed E-state index contributed by atoms with van der Waals surface area (Å²) in [4.78, 5) is 13.5. The Morgan fingerprint density at radius 1 is 0.870 bits per heavy atom. The number of pyridine rings is 1. The minimum Gasteiger partial charge on any atom is -0.360 e. The highest BCUT2D eigenvalue weighted by molar-refractivity contribution is 7.91. The first-order valence-electron chi connectivity index (χ1n) is 6.31. The topological polar surface area (TPSA) is 67.0 Å². The van der Waals surface area contributed by atoms with E-state index < -0.39 is 42.5 Å². The first kappa shape index (κ1) is 15.3. The Bertz CT molecular complexity index is 1070. The summed E-state index contributed by atoms with van der Waals surface area (Å²) in [5.74, 6) is -2.76. The Morgan fingerprint density at radius 3 is 2.17 bits per heavy atom. The number of halogens is 3. The fourth-order valence-corrected chi connectivity index (χ4v) is 3.54. The molecule has 0 amide bonds. The van der Waals surface area contributed by atoms with E-state index in [4.69, 9.17) is 0 Å². The van der Waals surface area contributed by atoms with Crippen molar-refractivity contribution >= 4 is 20.7 Å². The van der Waals surface area contributed by atoms with E-state index in [-0.39, 0.29) is 10.9 Å². The monoisotopic (exact) mass is 339 g/mol. The van der Waals surface area contributed by atoms with Crippen LogP contribution in [-0.2, 0) is 9.84 Å². The lowest BCUT2D eigenvalue weighted by atomic mass is 10.2. The van der Waals surface area contributed by atoms with E-state index in [1.54, 1.807) is 0 Å². The van der Waals surface area contributed by atoms with Crippen molar-refractivity contribution in [1.82, 2.24) is 4.98 Å². The summed E-state index contributed by atoms with van der Waals surface area (Å²) in [5.41, 5.74) is -0.775. The maximum atomic E-state index is 13.2. The molecule has 1 N–H and O–H groups in total. The highest BCUT2D eigenvalue weighted by Crippen LogP contribution is 2.21. The fraction of sp³-hybridized carbons (Fsp3) is 0. The molecule has 3 aromatic rings. The smallest absolute Gasteiger partial charge is 0.212 e. The number of rotatable bonds is 2. The summed E-state index contributed by atoms with van der Waals surface area (Å²) < 4.78 is 64.5. The molecule has 0 fully saturated rings. The van der Waals surface area contributed by atoms with Crippen LogP contribution in [0.25, 0.3) is 10.9 Å². The van der Waals surface area contributed by atoms with Crippen molar-refractivity contribution in [2.75, 3.05) is 0 Å². The highest BCUT2D eigenvalue weighted by Gasteiger charge is 2.24. The summed E-state index contributed by atoms with van der Waals surface area (Å²) in [6.07, 6.45) is 0.877. The number of nitrogens with one attached hydrogen (secondary N) is 1.